The number of carbonyl (C=O) groups excluding carboxylic acids is 1. The Morgan fingerprint density at radius 2 is 1.71 bits per heavy atom. The Morgan fingerprint density at radius 3 is 2.25 bits per heavy atom. The molecule has 4 aliphatic rings. The number of hydrogen-bond acceptors (Lipinski definition) is 2. The van der Waals surface area contributed by atoms with Crippen molar-refractivity contribution in [3.8, 4) is 0 Å². The highest BCUT2D eigenvalue weighted by molar-refractivity contribution is 5.90. The van der Waals surface area contributed by atoms with Crippen LogP contribution in [0, 0.1) is 11.8 Å². The third-order valence-electron chi connectivity index (χ3n) is 7.26. The summed E-state index contributed by atoms with van der Waals surface area (Å²) in [5.41, 5.74) is 5.47. The maximum absolute atomic E-state index is 13.7. The lowest BCUT2D eigenvalue weighted by Gasteiger charge is -2.56. The molecule has 2 aromatic carbocycles. The lowest BCUT2D eigenvalue weighted by atomic mass is 9.45. The maximum Gasteiger partial charge on any atom is 0.232 e. The topological polar surface area (TPSA) is 29.5 Å². The molecule has 1 aliphatic heterocycles. The largest absolute Gasteiger partial charge is 0.380 e. The second-order valence-corrected chi connectivity index (χ2v) is 8.13. The van der Waals surface area contributed by atoms with Gasteiger partial charge in [-0.3, -0.25) is 4.79 Å². The van der Waals surface area contributed by atoms with Crippen LogP contribution in [0.5, 0.6) is 0 Å². The van der Waals surface area contributed by atoms with Crippen LogP contribution in [0.2, 0.25) is 0 Å². The molecule has 0 aromatic heterocycles. The van der Waals surface area contributed by atoms with Gasteiger partial charge in [-0.2, -0.15) is 0 Å². The molecule has 2 bridgehead atoms. The molecule has 3 aliphatic carbocycles. The molecule has 142 valence electrons. The number of hydrogen-bond donors (Lipinski definition) is 0. The average molecular weight is 371 g/mol. The zero-order valence-corrected chi connectivity index (χ0v) is 16.4. The van der Waals surface area contributed by atoms with E-state index in [1.165, 1.54) is 22.3 Å². The van der Waals surface area contributed by atoms with E-state index in [2.05, 4.69) is 68.6 Å². The van der Waals surface area contributed by atoms with E-state index in [9.17, 15) is 4.79 Å². The molecule has 2 aromatic rings. The molecule has 28 heavy (non-hydrogen) atoms. The SMILES string of the molecule is C=CCN1C(=C)[C@@H]2C3c4ccccc4C([C@@H](C)OC)(c4ccccc43)[C@@H]2C1=O. The Balaban J connectivity index is 1.89. The van der Waals surface area contributed by atoms with Crippen LogP contribution in [0.15, 0.2) is 73.5 Å². The van der Waals surface area contributed by atoms with Crippen LogP contribution in [0.4, 0.5) is 0 Å². The number of amides is 1. The van der Waals surface area contributed by atoms with Crippen LogP contribution in [0.1, 0.15) is 35.1 Å². The molecule has 3 atom stereocenters. The second-order valence-electron chi connectivity index (χ2n) is 8.13. The van der Waals surface area contributed by atoms with Crippen molar-refractivity contribution < 1.29 is 9.53 Å². The molecule has 1 saturated heterocycles. The number of benzene rings is 2. The van der Waals surface area contributed by atoms with Crippen LogP contribution < -0.4 is 0 Å². The van der Waals surface area contributed by atoms with Gasteiger partial charge >= 0.3 is 0 Å². The van der Waals surface area contributed by atoms with Gasteiger partial charge in [-0.1, -0.05) is 61.2 Å². The summed E-state index contributed by atoms with van der Waals surface area (Å²) < 4.78 is 5.99. The molecule has 0 N–H and O–H groups in total. The minimum atomic E-state index is -0.517. The third kappa shape index (κ3) is 1.81. The van der Waals surface area contributed by atoms with E-state index < -0.39 is 5.41 Å². The highest BCUT2D eigenvalue weighted by Crippen LogP contribution is 2.67. The minimum Gasteiger partial charge on any atom is -0.380 e. The summed E-state index contributed by atoms with van der Waals surface area (Å²) in [5.74, 6) is 0.141. The van der Waals surface area contributed by atoms with Crippen LogP contribution in [-0.2, 0) is 14.9 Å². The van der Waals surface area contributed by atoms with Crippen molar-refractivity contribution in [1.29, 1.82) is 0 Å². The predicted molar refractivity (Wildman–Crippen MR) is 110 cm³/mol. The van der Waals surface area contributed by atoms with Crippen molar-refractivity contribution in [3.63, 3.8) is 0 Å². The van der Waals surface area contributed by atoms with E-state index in [0.29, 0.717) is 6.54 Å². The van der Waals surface area contributed by atoms with E-state index >= 15 is 0 Å². The summed E-state index contributed by atoms with van der Waals surface area (Å²) in [6.45, 7) is 10.8. The van der Waals surface area contributed by atoms with Crippen LogP contribution in [0.3, 0.4) is 0 Å². The van der Waals surface area contributed by atoms with Gasteiger partial charge in [0.1, 0.15) is 0 Å². The second kappa shape index (κ2) is 5.92. The minimum absolute atomic E-state index is 0.0508. The van der Waals surface area contributed by atoms with Crippen molar-refractivity contribution in [1.82, 2.24) is 4.90 Å². The highest BCUT2D eigenvalue weighted by atomic mass is 16.5. The fraction of sp³-hybridized carbons (Fsp3) is 0.320. The van der Waals surface area contributed by atoms with Crippen LogP contribution in [0.25, 0.3) is 0 Å². The fourth-order valence-electron chi connectivity index (χ4n) is 6.24. The molecule has 0 radical (unpaired) electrons. The molecule has 0 spiro atoms. The van der Waals surface area contributed by atoms with Crippen LogP contribution in [-0.4, -0.2) is 30.6 Å². The number of carbonyl (C=O) groups is 1. The Morgan fingerprint density at radius 1 is 1.14 bits per heavy atom. The normalized spacial score (nSPS) is 30.6. The molecule has 1 fully saturated rings. The summed E-state index contributed by atoms with van der Waals surface area (Å²) in [5, 5.41) is 0. The van der Waals surface area contributed by atoms with E-state index in [0.717, 1.165) is 5.70 Å². The molecule has 6 rings (SSSR count). The zero-order chi connectivity index (χ0) is 19.6. The first kappa shape index (κ1) is 17.4. The predicted octanol–water partition coefficient (Wildman–Crippen LogP) is 4.24. The molecule has 3 heteroatoms. The molecule has 0 unspecified atom stereocenters. The summed E-state index contributed by atoms with van der Waals surface area (Å²) in [6.07, 6.45) is 1.64. The number of ether oxygens (including phenoxy) is 1. The Bertz CT molecular complexity index is 960. The summed E-state index contributed by atoms with van der Waals surface area (Å²) >= 11 is 0. The van der Waals surface area contributed by atoms with Gasteiger partial charge in [0.25, 0.3) is 0 Å². The molecule has 1 heterocycles. The number of allylic oxidation sites excluding steroid dienone is 1. The van der Waals surface area contributed by atoms with Gasteiger partial charge in [0.2, 0.25) is 5.91 Å². The van der Waals surface area contributed by atoms with E-state index in [1.54, 1.807) is 13.2 Å². The standard InChI is InChI=1S/C25H25NO2/c1-5-14-26-15(2)21-22-17-10-6-8-12-19(17)25(16(3)28-4,23(21)24(26)27)20-13-9-7-11-18(20)22/h5-13,16,21-23H,1-2,14H2,3-4H3/t16-,21-,22?,23+,25?/m1/s1. The first-order valence-corrected chi connectivity index (χ1v) is 9.91. The van der Waals surface area contributed by atoms with Crippen molar-refractivity contribution in [2.24, 2.45) is 11.8 Å². The Hall–Kier alpha value is -2.65. The van der Waals surface area contributed by atoms with E-state index in [-0.39, 0.29) is 29.8 Å². The van der Waals surface area contributed by atoms with Gasteiger partial charge in [0.05, 0.1) is 17.4 Å². The lowest BCUT2D eigenvalue weighted by molar-refractivity contribution is -0.134. The van der Waals surface area contributed by atoms with E-state index in [4.69, 9.17) is 4.74 Å². The fourth-order valence-corrected chi connectivity index (χ4v) is 6.24. The average Bonchev–Trinajstić information content (AvgIpc) is 2.99. The van der Waals surface area contributed by atoms with Crippen molar-refractivity contribution >= 4 is 5.91 Å². The van der Waals surface area contributed by atoms with Gasteiger partial charge in [-0.15, -0.1) is 6.58 Å². The van der Waals surface area contributed by atoms with Crippen molar-refractivity contribution in [2.45, 2.75) is 24.4 Å². The number of likely N-dealkylation sites (tertiary alicyclic amines) is 1. The summed E-state index contributed by atoms with van der Waals surface area (Å²) in [4.78, 5) is 15.6. The number of rotatable bonds is 4. The third-order valence-corrected chi connectivity index (χ3v) is 7.26. The number of nitrogens with zero attached hydrogens (tertiary/aromatic N) is 1. The first-order chi connectivity index (χ1) is 13.6. The quantitative estimate of drug-likeness (QED) is 0.753. The molecule has 1 amide bonds. The van der Waals surface area contributed by atoms with Gasteiger partial charge in [-0.05, 0) is 29.2 Å². The monoisotopic (exact) mass is 371 g/mol. The lowest BCUT2D eigenvalue weighted by Crippen LogP contribution is -2.58. The van der Waals surface area contributed by atoms with Crippen molar-refractivity contribution in [3.05, 3.63) is 95.7 Å². The maximum atomic E-state index is 13.7. The van der Waals surface area contributed by atoms with Gasteiger partial charge < -0.3 is 9.64 Å². The van der Waals surface area contributed by atoms with Crippen LogP contribution >= 0.6 is 0 Å². The first-order valence-electron chi connectivity index (χ1n) is 9.91. The Labute approximate surface area is 166 Å². The molecular formula is C25H25NO2. The zero-order valence-electron chi connectivity index (χ0n) is 16.4. The van der Waals surface area contributed by atoms with Gasteiger partial charge in [-0.25, -0.2) is 0 Å². The molecule has 0 saturated carbocycles. The van der Waals surface area contributed by atoms with Crippen molar-refractivity contribution in [2.75, 3.05) is 13.7 Å². The van der Waals surface area contributed by atoms with Gasteiger partial charge in [0, 0.05) is 31.2 Å². The molecular weight excluding hydrogens is 346 g/mol. The summed E-state index contributed by atoms with van der Waals surface area (Å²) in [7, 11) is 1.75. The molecule has 3 nitrogen and oxygen atoms in total. The van der Waals surface area contributed by atoms with Gasteiger partial charge in [0.15, 0.2) is 0 Å². The number of methoxy groups -OCH3 is 1. The Kier molecular flexibility index (Phi) is 3.69. The van der Waals surface area contributed by atoms with E-state index in [1.807, 2.05) is 4.90 Å². The smallest absolute Gasteiger partial charge is 0.232 e. The highest BCUT2D eigenvalue weighted by Gasteiger charge is 2.67. The summed E-state index contributed by atoms with van der Waals surface area (Å²) in [6, 6.07) is 17.2.